The van der Waals surface area contributed by atoms with Crippen LogP contribution in [0.4, 0.5) is 0 Å². The summed E-state index contributed by atoms with van der Waals surface area (Å²) < 4.78 is 8.81. The van der Waals surface area contributed by atoms with Gasteiger partial charge in [0.05, 0.1) is 13.2 Å². The van der Waals surface area contributed by atoms with Crippen molar-refractivity contribution in [2.75, 3.05) is 13.2 Å². The van der Waals surface area contributed by atoms with Crippen molar-refractivity contribution in [2.24, 2.45) is 0 Å². The van der Waals surface area contributed by atoms with Crippen molar-refractivity contribution in [3.8, 4) is 0 Å². The Bertz CT molecular complexity index is 121. The first-order valence-electron chi connectivity index (χ1n) is 3.81. The van der Waals surface area contributed by atoms with E-state index in [2.05, 4.69) is 9.47 Å². The molecule has 0 spiro atoms. The van der Waals surface area contributed by atoms with Gasteiger partial charge in [0, 0.05) is 13.8 Å². The molecule has 0 rings (SSSR count). The fraction of sp³-hybridized carbons (Fsp3) is 0.750. The van der Waals surface area contributed by atoms with Crippen molar-refractivity contribution in [1.29, 1.82) is 0 Å². The lowest BCUT2D eigenvalue weighted by atomic mass is 10.8. The second-order valence-corrected chi connectivity index (χ2v) is 1.85. The highest BCUT2D eigenvalue weighted by Gasteiger charge is 1.82. The molecule has 0 radical (unpaired) electrons. The van der Waals surface area contributed by atoms with Crippen LogP contribution in [0.3, 0.4) is 0 Å². The van der Waals surface area contributed by atoms with Gasteiger partial charge in [-0.15, -0.1) is 0 Å². The van der Waals surface area contributed by atoms with Crippen LogP contribution in [-0.2, 0) is 19.1 Å². The average Bonchev–Trinajstić information content (AvgIpc) is 1.87. The molecule has 0 saturated heterocycles. The first kappa shape index (κ1) is 44.8. The molecule has 0 aliphatic rings. The summed E-state index contributed by atoms with van der Waals surface area (Å²) in [7, 11) is 0. The van der Waals surface area contributed by atoms with Gasteiger partial charge in [0.15, 0.2) is 0 Å². The van der Waals surface area contributed by atoms with Crippen molar-refractivity contribution < 1.29 is 46.4 Å². The smallest absolute Gasteiger partial charge is 0.302 e. The zero-order valence-electron chi connectivity index (χ0n) is 10.5. The maximum Gasteiger partial charge on any atom is 0.302 e. The normalized spacial score (nSPS) is 5.41. The minimum Gasteiger partial charge on any atom is -0.466 e. The Morgan fingerprint density at radius 2 is 0.882 bits per heavy atom. The lowest BCUT2D eigenvalue weighted by molar-refractivity contribution is -0.141. The quantitative estimate of drug-likeness (QED) is 0.478. The Balaban J connectivity index is -0.0000000182. The SMILES string of the molecule is CCOC(C)=O.CCOC(C)=O.O.O.O.O.O. The number of ether oxygens (including phenoxy) is 2. The Morgan fingerprint density at radius 1 is 0.706 bits per heavy atom. The molecule has 17 heavy (non-hydrogen) atoms. The topological polar surface area (TPSA) is 210 Å². The van der Waals surface area contributed by atoms with Crippen LogP contribution in [0, 0.1) is 0 Å². The van der Waals surface area contributed by atoms with Crippen LogP contribution in [0.2, 0.25) is 0 Å². The van der Waals surface area contributed by atoms with E-state index in [-0.39, 0.29) is 39.3 Å². The van der Waals surface area contributed by atoms with E-state index in [1.165, 1.54) is 13.8 Å². The van der Waals surface area contributed by atoms with Gasteiger partial charge in [0.25, 0.3) is 0 Å². The van der Waals surface area contributed by atoms with Gasteiger partial charge in [-0.1, -0.05) is 0 Å². The van der Waals surface area contributed by atoms with Gasteiger partial charge in [0.2, 0.25) is 0 Å². The van der Waals surface area contributed by atoms with Gasteiger partial charge in [-0.25, -0.2) is 0 Å². The van der Waals surface area contributed by atoms with Crippen LogP contribution < -0.4 is 0 Å². The fourth-order valence-electron chi connectivity index (χ4n) is 0.407. The molecule has 0 atom stereocenters. The molecular formula is C8H26O9. The largest absolute Gasteiger partial charge is 0.466 e. The highest BCUT2D eigenvalue weighted by Crippen LogP contribution is 1.70. The van der Waals surface area contributed by atoms with E-state index in [9.17, 15) is 9.59 Å². The minimum absolute atomic E-state index is 0. The van der Waals surface area contributed by atoms with E-state index in [1.54, 1.807) is 13.8 Å². The van der Waals surface area contributed by atoms with E-state index >= 15 is 0 Å². The molecular weight excluding hydrogens is 240 g/mol. The summed E-state index contributed by atoms with van der Waals surface area (Å²) in [5.74, 6) is -0.421. The number of esters is 2. The average molecular weight is 266 g/mol. The molecule has 0 aromatic heterocycles. The first-order valence-corrected chi connectivity index (χ1v) is 3.81. The van der Waals surface area contributed by atoms with Crippen LogP contribution in [-0.4, -0.2) is 52.5 Å². The zero-order valence-corrected chi connectivity index (χ0v) is 10.5. The molecule has 0 saturated carbocycles. The molecule has 9 nitrogen and oxygen atoms in total. The van der Waals surface area contributed by atoms with Crippen molar-refractivity contribution >= 4 is 11.9 Å². The maximum atomic E-state index is 9.82. The van der Waals surface area contributed by atoms with Crippen LogP contribution >= 0.6 is 0 Å². The monoisotopic (exact) mass is 266 g/mol. The zero-order chi connectivity index (χ0) is 9.98. The molecule has 0 aromatic carbocycles. The van der Waals surface area contributed by atoms with E-state index in [0.29, 0.717) is 13.2 Å². The maximum absolute atomic E-state index is 9.82. The minimum atomic E-state index is -0.211. The molecule has 0 aliphatic carbocycles. The number of carbonyl (C=O) groups excluding carboxylic acids is 2. The summed E-state index contributed by atoms with van der Waals surface area (Å²) in [5, 5.41) is 0. The highest BCUT2D eigenvalue weighted by molar-refractivity contribution is 5.66. The predicted molar refractivity (Wildman–Crippen MR) is 62.7 cm³/mol. The first-order chi connectivity index (χ1) is 5.54. The highest BCUT2D eigenvalue weighted by atomic mass is 16.5. The van der Waals surface area contributed by atoms with Gasteiger partial charge in [-0.3, -0.25) is 9.59 Å². The van der Waals surface area contributed by atoms with E-state index in [0.717, 1.165) is 0 Å². The molecule has 112 valence electrons. The third kappa shape index (κ3) is 106. The third-order valence-electron chi connectivity index (χ3n) is 0.695. The molecule has 9 heteroatoms. The van der Waals surface area contributed by atoms with Gasteiger partial charge in [-0.05, 0) is 13.8 Å². The van der Waals surface area contributed by atoms with E-state index in [1.807, 2.05) is 0 Å². The Labute approximate surface area is 100 Å². The summed E-state index contributed by atoms with van der Waals surface area (Å²) in [5.41, 5.74) is 0. The molecule has 10 N–H and O–H groups in total. The van der Waals surface area contributed by atoms with Gasteiger partial charge < -0.3 is 36.9 Å². The summed E-state index contributed by atoms with van der Waals surface area (Å²) in [6, 6.07) is 0. The molecule has 0 aromatic rings. The third-order valence-corrected chi connectivity index (χ3v) is 0.695. The van der Waals surface area contributed by atoms with Crippen LogP contribution in [0.25, 0.3) is 0 Å². The van der Waals surface area contributed by atoms with E-state index in [4.69, 9.17) is 0 Å². The van der Waals surface area contributed by atoms with Crippen molar-refractivity contribution in [2.45, 2.75) is 27.7 Å². The lowest BCUT2D eigenvalue weighted by Crippen LogP contribution is -1.95. The molecule has 0 bridgehead atoms. The predicted octanol–water partition coefficient (Wildman–Crippen LogP) is -2.98. The van der Waals surface area contributed by atoms with Crippen molar-refractivity contribution in [1.82, 2.24) is 0 Å². The fourth-order valence-corrected chi connectivity index (χ4v) is 0.407. The van der Waals surface area contributed by atoms with Crippen LogP contribution in [0.15, 0.2) is 0 Å². The van der Waals surface area contributed by atoms with Crippen molar-refractivity contribution in [3.05, 3.63) is 0 Å². The summed E-state index contributed by atoms with van der Waals surface area (Å²) in [6.45, 7) is 7.31. The summed E-state index contributed by atoms with van der Waals surface area (Å²) >= 11 is 0. The number of hydrogen-bond donors (Lipinski definition) is 0. The Morgan fingerprint density at radius 3 is 0.882 bits per heavy atom. The van der Waals surface area contributed by atoms with Crippen LogP contribution in [0.5, 0.6) is 0 Å². The number of rotatable bonds is 2. The number of carbonyl (C=O) groups is 2. The van der Waals surface area contributed by atoms with E-state index < -0.39 is 0 Å². The summed E-state index contributed by atoms with van der Waals surface area (Å²) in [4.78, 5) is 19.6. The molecule has 0 unspecified atom stereocenters. The molecule has 0 fully saturated rings. The van der Waals surface area contributed by atoms with Gasteiger partial charge >= 0.3 is 11.9 Å². The second kappa shape index (κ2) is 36.4. The number of hydrogen-bond acceptors (Lipinski definition) is 4. The Kier molecular flexibility index (Phi) is 95.9. The van der Waals surface area contributed by atoms with Crippen LogP contribution in [0.1, 0.15) is 27.7 Å². The standard InChI is InChI=1S/2C4H8O2.5H2O/c2*1-3-6-4(2)5;;;;;/h2*3H2,1-2H3;5*1H2. The van der Waals surface area contributed by atoms with Gasteiger partial charge in [0.1, 0.15) is 0 Å². The second-order valence-electron chi connectivity index (χ2n) is 1.85. The molecule has 0 aliphatic heterocycles. The Hall–Kier alpha value is -1.26. The lowest BCUT2D eigenvalue weighted by Gasteiger charge is -1.89. The van der Waals surface area contributed by atoms with Crippen molar-refractivity contribution in [3.63, 3.8) is 0 Å². The van der Waals surface area contributed by atoms with Gasteiger partial charge in [-0.2, -0.15) is 0 Å². The molecule has 0 heterocycles. The molecule has 0 amide bonds. The summed E-state index contributed by atoms with van der Waals surface area (Å²) in [6.07, 6.45) is 0.